The Hall–Kier alpha value is -0.980. The molecule has 15 heavy (non-hydrogen) atoms. The van der Waals surface area contributed by atoms with Crippen LogP contribution in [0.15, 0.2) is 18.2 Å². The molecule has 1 aliphatic rings. The maximum atomic E-state index is 9.69. The van der Waals surface area contributed by atoms with Crippen LogP contribution in [0, 0.1) is 5.92 Å². The molecule has 1 saturated carbocycles. The second kappa shape index (κ2) is 3.55. The molecule has 0 heterocycles. The molecule has 0 unspecified atom stereocenters. The van der Waals surface area contributed by atoms with E-state index >= 15 is 0 Å². The van der Waals surface area contributed by atoms with Crippen LogP contribution in [-0.4, -0.2) is 5.11 Å². The molecule has 1 heteroatoms. The first-order chi connectivity index (χ1) is 6.95. The lowest BCUT2D eigenvalue weighted by Crippen LogP contribution is -2.11. The molecule has 1 fully saturated rings. The van der Waals surface area contributed by atoms with Crippen molar-refractivity contribution in [3.63, 3.8) is 0 Å². The summed E-state index contributed by atoms with van der Waals surface area (Å²) in [4.78, 5) is 0. The lowest BCUT2D eigenvalue weighted by Gasteiger charge is -2.20. The summed E-state index contributed by atoms with van der Waals surface area (Å²) in [6.07, 6.45) is 3.86. The fourth-order valence-electron chi connectivity index (χ4n) is 1.88. The summed E-state index contributed by atoms with van der Waals surface area (Å²) in [6.45, 7) is 6.55. The third-order valence-electron chi connectivity index (χ3n) is 3.06. The summed E-state index contributed by atoms with van der Waals surface area (Å²) >= 11 is 0. The van der Waals surface area contributed by atoms with Gasteiger partial charge in [0.25, 0.3) is 0 Å². The highest BCUT2D eigenvalue weighted by molar-refractivity contribution is 5.37. The van der Waals surface area contributed by atoms with Crippen molar-refractivity contribution in [2.45, 2.75) is 45.4 Å². The molecular weight excluding hydrogens is 184 g/mol. The van der Waals surface area contributed by atoms with Gasteiger partial charge in [-0.2, -0.15) is 0 Å². The SMILES string of the molecule is CC(C)(C)c1cc(O)cc(CC2CC2)c1. The van der Waals surface area contributed by atoms with Crippen LogP contribution < -0.4 is 0 Å². The lowest BCUT2D eigenvalue weighted by molar-refractivity contribution is 0.469. The normalized spacial score (nSPS) is 16.7. The van der Waals surface area contributed by atoms with E-state index in [1.807, 2.05) is 12.1 Å². The molecule has 0 aromatic heterocycles. The smallest absolute Gasteiger partial charge is 0.116 e. The summed E-state index contributed by atoms with van der Waals surface area (Å²) in [5.74, 6) is 1.29. The number of aromatic hydroxyl groups is 1. The summed E-state index contributed by atoms with van der Waals surface area (Å²) < 4.78 is 0. The molecule has 1 nitrogen and oxygen atoms in total. The zero-order chi connectivity index (χ0) is 11.1. The van der Waals surface area contributed by atoms with E-state index in [0.717, 1.165) is 12.3 Å². The van der Waals surface area contributed by atoms with Crippen molar-refractivity contribution in [2.24, 2.45) is 5.92 Å². The number of phenolic OH excluding ortho intramolecular Hbond substituents is 1. The number of hydrogen-bond donors (Lipinski definition) is 1. The summed E-state index contributed by atoms with van der Waals surface area (Å²) in [5.41, 5.74) is 2.65. The Kier molecular flexibility index (Phi) is 2.49. The highest BCUT2D eigenvalue weighted by atomic mass is 16.3. The average molecular weight is 204 g/mol. The molecule has 0 aliphatic heterocycles. The Morgan fingerprint density at radius 1 is 1.20 bits per heavy atom. The van der Waals surface area contributed by atoms with E-state index in [1.165, 1.54) is 24.0 Å². The summed E-state index contributed by atoms with van der Waals surface area (Å²) in [6, 6.07) is 6.04. The first-order valence-corrected chi connectivity index (χ1v) is 5.78. The highest BCUT2D eigenvalue weighted by Crippen LogP contribution is 2.35. The zero-order valence-electron chi connectivity index (χ0n) is 9.88. The Labute approximate surface area is 92.1 Å². The first-order valence-electron chi connectivity index (χ1n) is 5.78. The van der Waals surface area contributed by atoms with Gasteiger partial charge in [0.2, 0.25) is 0 Å². The predicted octanol–water partition coefficient (Wildman–Crippen LogP) is 3.64. The molecule has 1 aromatic carbocycles. The molecule has 0 radical (unpaired) electrons. The van der Waals surface area contributed by atoms with Gasteiger partial charge in [-0.05, 0) is 53.9 Å². The number of hydrogen-bond acceptors (Lipinski definition) is 1. The minimum Gasteiger partial charge on any atom is -0.508 e. The monoisotopic (exact) mass is 204 g/mol. The maximum absolute atomic E-state index is 9.69. The molecule has 0 saturated heterocycles. The molecule has 1 N–H and O–H groups in total. The van der Waals surface area contributed by atoms with Gasteiger partial charge >= 0.3 is 0 Å². The van der Waals surface area contributed by atoms with Gasteiger partial charge in [0.15, 0.2) is 0 Å². The summed E-state index contributed by atoms with van der Waals surface area (Å²) in [7, 11) is 0. The van der Waals surface area contributed by atoms with Gasteiger partial charge in [-0.3, -0.25) is 0 Å². The van der Waals surface area contributed by atoms with Gasteiger partial charge in [0.1, 0.15) is 5.75 Å². The van der Waals surface area contributed by atoms with Gasteiger partial charge in [-0.25, -0.2) is 0 Å². The second-order valence-corrected chi connectivity index (χ2v) is 5.79. The highest BCUT2D eigenvalue weighted by Gasteiger charge is 2.23. The molecule has 0 atom stereocenters. The van der Waals surface area contributed by atoms with Crippen molar-refractivity contribution in [2.75, 3.05) is 0 Å². The molecule has 1 aliphatic carbocycles. The molecular formula is C14H20O. The largest absolute Gasteiger partial charge is 0.508 e. The van der Waals surface area contributed by atoms with E-state index in [-0.39, 0.29) is 5.41 Å². The minimum atomic E-state index is 0.122. The Morgan fingerprint density at radius 2 is 1.87 bits per heavy atom. The van der Waals surface area contributed by atoms with Crippen molar-refractivity contribution in [3.05, 3.63) is 29.3 Å². The van der Waals surface area contributed by atoms with E-state index < -0.39 is 0 Å². The third-order valence-corrected chi connectivity index (χ3v) is 3.06. The van der Waals surface area contributed by atoms with E-state index in [9.17, 15) is 5.11 Å². The van der Waals surface area contributed by atoms with Crippen molar-refractivity contribution < 1.29 is 5.11 Å². The molecule has 82 valence electrons. The van der Waals surface area contributed by atoms with Crippen LogP contribution in [0.3, 0.4) is 0 Å². The van der Waals surface area contributed by atoms with Crippen LogP contribution in [0.2, 0.25) is 0 Å². The predicted molar refractivity (Wildman–Crippen MR) is 63.2 cm³/mol. The van der Waals surface area contributed by atoms with Gasteiger partial charge in [-0.1, -0.05) is 26.8 Å². The lowest BCUT2D eigenvalue weighted by atomic mass is 9.85. The van der Waals surface area contributed by atoms with Crippen LogP contribution in [0.4, 0.5) is 0 Å². The average Bonchev–Trinajstić information content (AvgIpc) is 2.85. The van der Waals surface area contributed by atoms with Crippen molar-refractivity contribution in [1.29, 1.82) is 0 Å². The van der Waals surface area contributed by atoms with Crippen LogP contribution in [0.25, 0.3) is 0 Å². The molecule has 0 bridgehead atoms. The van der Waals surface area contributed by atoms with Crippen LogP contribution >= 0.6 is 0 Å². The fraction of sp³-hybridized carbons (Fsp3) is 0.571. The van der Waals surface area contributed by atoms with Crippen LogP contribution in [0.5, 0.6) is 5.75 Å². The van der Waals surface area contributed by atoms with E-state index in [1.54, 1.807) is 0 Å². The van der Waals surface area contributed by atoms with E-state index in [0.29, 0.717) is 5.75 Å². The molecule has 0 spiro atoms. The molecule has 2 rings (SSSR count). The molecule has 0 amide bonds. The van der Waals surface area contributed by atoms with Crippen molar-refractivity contribution >= 4 is 0 Å². The van der Waals surface area contributed by atoms with Crippen molar-refractivity contribution in [3.8, 4) is 5.75 Å². The van der Waals surface area contributed by atoms with Crippen LogP contribution in [-0.2, 0) is 11.8 Å². The fourth-order valence-corrected chi connectivity index (χ4v) is 1.88. The maximum Gasteiger partial charge on any atom is 0.116 e. The van der Waals surface area contributed by atoms with Crippen LogP contribution in [0.1, 0.15) is 44.7 Å². The zero-order valence-corrected chi connectivity index (χ0v) is 9.88. The van der Waals surface area contributed by atoms with Gasteiger partial charge in [0, 0.05) is 0 Å². The minimum absolute atomic E-state index is 0.122. The van der Waals surface area contributed by atoms with Gasteiger partial charge < -0.3 is 5.11 Å². The van der Waals surface area contributed by atoms with Gasteiger partial charge in [-0.15, -0.1) is 0 Å². The Morgan fingerprint density at radius 3 is 2.40 bits per heavy atom. The second-order valence-electron chi connectivity index (χ2n) is 5.79. The standard InChI is InChI=1S/C14H20O/c1-14(2,3)12-7-11(6-10-4-5-10)8-13(15)9-12/h7-10,15H,4-6H2,1-3H3. The Balaban J connectivity index is 2.27. The van der Waals surface area contributed by atoms with E-state index in [4.69, 9.17) is 0 Å². The topological polar surface area (TPSA) is 20.2 Å². The van der Waals surface area contributed by atoms with Gasteiger partial charge in [0.05, 0.1) is 0 Å². The number of rotatable bonds is 2. The quantitative estimate of drug-likeness (QED) is 0.779. The number of phenols is 1. The molecule has 1 aromatic rings. The van der Waals surface area contributed by atoms with Crippen molar-refractivity contribution in [1.82, 2.24) is 0 Å². The third kappa shape index (κ3) is 2.74. The Bertz CT molecular complexity index is 356. The van der Waals surface area contributed by atoms with E-state index in [2.05, 4.69) is 26.8 Å². The summed E-state index contributed by atoms with van der Waals surface area (Å²) in [5, 5.41) is 9.69. The first kappa shape index (κ1) is 10.5. The number of benzene rings is 1.